The quantitative estimate of drug-likeness (QED) is 0.669. The van der Waals surface area contributed by atoms with Crippen molar-refractivity contribution in [2.24, 2.45) is 0 Å². The molecule has 10 heteroatoms. The lowest BCUT2D eigenvalue weighted by atomic mass is 10.1. The predicted molar refractivity (Wildman–Crippen MR) is 90.4 cm³/mol. The van der Waals surface area contributed by atoms with Crippen LogP contribution in [0.5, 0.6) is 0 Å². The van der Waals surface area contributed by atoms with Gasteiger partial charge in [0.05, 0.1) is 17.1 Å². The summed E-state index contributed by atoms with van der Waals surface area (Å²) in [5.74, 6) is -1.37. The van der Waals surface area contributed by atoms with Gasteiger partial charge in [0.15, 0.2) is 6.04 Å². The summed E-state index contributed by atoms with van der Waals surface area (Å²) in [4.78, 5) is 23.9. The first kappa shape index (κ1) is 17.3. The second-order valence-electron chi connectivity index (χ2n) is 5.69. The maximum atomic E-state index is 13.0. The molecule has 3 aromatic rings. The fourth-order valence-corrected chi connectivity index (χ4v) is 2.70. The van der Waals surface area contributed by atoms with Gasteiger partial charge < -0.3 is 10.4 Å². The highest BCUT2D eigenvalue weighted by atomic mass is 16.4. The summed E-state index contributed by atoms with van der Waals surface area (Å²) < 4.78 is 2.69. The number of aromatic nitrogens is 6. The number of hydrogen-bond acceptors (Lipinski definition) is 6. The van der Waals surface area contributed by atoms with E-state index in [4.69, 9.17) is 5.11 Å². The Kier molecular flexibility index (Phi) is 4.74. The molecular weight excluding hydrogens is 338 g/mol. The summed E-state index contributed by atoms with van der Waals surface area (Å²) in [6.45, 7) is 3.13. The van der Waals surface area contributed by atoms with Crippen molar-refractivity contribution in [2.75, 3.05) is 5.32 Å². The number of amides is 1. The number of anilines is 1. The van der Waals surface area contributed by atoms with Gasteiger partial charge in [0, 0.05) is 0 Å². The Labute approximate surface area is 148 Å². The Balaban J connectivity index is 1.92. The fraction of sp³-hybridized carbons (Fsp3) is 0.250. The molecule has 0 unspecified atom stereocenters. The minimum atomic E-state index is -1.01. The molecule has 0 aliphatic carbocycles. The molecule has 0 saturated heterocycles. The molecule has 1 amide bonds. The van der Waals surface area contributed by atoms with Crippen molar-refractivity contribution in [1.82, 2.24) is 30.0 Å². The Morgan fingerprint density at radius 1 is 1.23 bits per heavy atom. The van der Waals surface area contributed by atoms with Gasteiger partial charge in [0.2, 0.25) is 0 Å². The van der Waals surface area contributed by atoms with Gasteiger partial charge in [0.25, 0.3) is 5.91 Å². The van der Waals surface area contributed by atoms with E-state index in [0.717, 1.165) is 0 Å². The molecule has 0 bridgehead atoms. The van der Waals surface area contributed by atoms with Crippen LogP contribution in [0, 0.1) is 13.8 Å². The Morgan fingerprint density at radius 2 is 1.96 bits per heavy atom. The Bertz CT molecular complexity index is 919. The average molecular weight is 355 g/mol. The van der Waals surface area contributed by atoms with Crippen LogP contribution in [0.4, 0.5) is 5.69 Å². The van der Waals surface area contributed by atoms with Crippen LogP contribution in [-0.4, -0.2) is 47.0 Å². The van der Waals surface area contributed by atoms with E-state index in [-0.39, 0.29) is 12.5 Å². The van der Waals surface area contributed by atoms with Crippen LogP contribution >= 0.6 is 0 Å². The highest BCUT2D eigenvalue weighted by Crippen LogP contribution is 2.23. The van der Waals surface area contributed by atoms with Gasteiger partial charge in [0.1, 0.15) is 12.9 Å². The normalized spacial score (nSPS) is 11.9. The lowest BCUT2D eigenvalue weighted by molar-refractivity contribution is -0.137. The van der Waals surface area contributed by atoms with E-state index >= 15 is 0 Å². The number of aryl methyl sites for hydroxylation is 1. The number of aliphatic carboxylic acids is 1. The first-order valence-electron chi connectivity index (χ1n) is 7.81. The number of nitrogens with one attached hydrogen (secondary N) is 1. The molecule has 0 saturated carbocycles. The van der Waals surface area contributed by atoms with E-state index in [1.54, 1.807) is 26.0 Å². The standard InChI is InChI=1S/C16H17N7O3/c1-10-14(11(2)22(19-10)8-13(24)25)18-16(26)15(23-9-17-20-21-23)12-6-4-3-5-7-12/h3-7,9,15H,8H2,1-2H3,(H,18,26)(H,24,25)/t15-/m1/s1. The van der Waals surface area contributed by atoms with Crippen molar-refractivity contribution in [3.05, 3.63) is 53.6 Å². The molecule has 0 spiro atoms. The molecule has 2 aromatic heterocycles. The molecule has 10 nitrogen and oxygen atoms in total. The van der Waals surface area contributed by atoms with E-state index in [1.807, 2.05) is 18.2 Å². The van der Waals surface area contributed by atoms with Crippen LogP contribution in [0.25, 0.3) is 0 Å². The zero-order chi connectivity index (χ0) is 18.7. The second kappa shape index (κ2) is 7.13. The SMILES string of the molecule is Cc1nn(CC(=O)O)c(C)c1NC(=O)[C@@H](c1ccccc1)n1cnnn1. The van der Waals surface area contributed by atoms with E-state index in [9.17, 15) is 9.59 Å². The number of carbonyl (C=O) groups excluding carboxylic acids is 1. The average Bonchev–Trinajstić information content (AvgIpc) is 3.21. The smallest absolute Gasteiger partial charge is 0.325 e. The van der Waals surface area contributed by atoms with E-state index in [1.165, 1.54) is 15.7 Å². The summed E-state index contributed by atoms with van der Waals surface area (Å²) in [6, 6.07) is 8.33. The van der Waals surface area contributed by atoms with Crippen LogP contribution in [0.15, 0.2) is 36.7 Å². The molecule has 0 aliphatic rings. The van der Waals surface area contributed by atoms with Crippen molar-refractivity contribution in [1.29, 1.82) is 0 Å². The molecule has 0 fully saturated rings. The van der Waals surface area contributed by atoms with Crippen molar-refractivity contribution in [2.45, 2.75) is 26.4 Å². The van der Waals surface area contributed by atoms with Gasteiger partial charge >= 0.3 is 5.97 Å². The summed E-state index contributed by atoms with van der Waals surface area (Å²) in [5.41, 5.74) is 2.28. The molecule has 0 radical (unpaired) electrons. The monoisotopic (exact) mass is 355 g/mol. The zero-order valence-electron chi connectivity index (χ0n) is 14.2. The van der Waals surface area contributed by atoms with Gasteiger partial charge in [-0.25, -0.2) is 4.68 Å². The van der Waals surface area contributed by atoms with E-state index in [2.05, 4.69) is 25.9 Å². The third-order valence-corrected chi connectivity index (χ3v) is 3.91. The molecule has 1 atom stereocenters. The van der Waals surface area contributed by atoms with Gasteiger partial charge in [-0.3, -0.25) is 14.3 Å². The van der Waals surface area contributed by atoms with Crippen molar-refractivity contribution in [3.8, 4) is 0 Å². The number of benzene rings is 1. The number of carboxylic acid groups (broad SMARTS) is 1. The largest absolute Gasteiger partial charge is 0.480 e. The van der Waals surface area contributed by atoms with Crippen LogP contribution in [0.1, 0.15) is 23.0 Å². The zero-order valence-corrected chi connectivity index (χ0v) is 14.2. The molecule has 2 heterocycles. The van der Waals surface area contributed by atoms with Crippen molar-refractivity contribution >= 4 is 17.6 Å². The highest BCUT2D eigenvalue weighted by Gasteiger charge is 2.26. The second-order valence-corrected chi connectivity index (χ2v) is 5.69. The molecule has 134 valence electrons. The number of carboxylic acids is 1. The number of hydrogen-bond donors (Lipinski definition) is 2. The number of nitrogens with zero attached hydrogens (tertiary/aromatic N) is 6. The van der Waals surface area contributed by atoms with E-state index < -0.39 is 12.0 Å². The summed E-state index contributed by atoms with van der Waals surface area (Å²) in [5, 5.41) is 27.0. The van der Waals surface area contributed by atoms with Crippen molar-refractivity contribution < 1.29 is 14.7 Å². The van der Waals surface area contributed by atoms with Crippen LogP contribution in [0.3, 0.4) is 0 Å². The Morgan fingerprint density at radius 3 is 2.58 bits per heavy atom. The maximum Gasteiger partial charge on any atom is 0.325 e. The number of rotatable bonds is 6. The fourth-order valence-electron chi connectivity index (χ4n) is 2.70. The lowest BCUT2D eigenvalue weighted by Gasteiger charge is -2.17. The highest BCUT2D eigenvalue weighted by molar-refractivity contribution is 5.96. The van der Waals surface area contributed by atoms with Crippen LogP contribution < -0.4 is 5.32 Å². The van der Waals surface area contributed by atoms with Gasteiger partial charge in [-0.15, -0.1) is 5.10 Å². The molecule has 0 aliphatic heterocycles. The predicted octanol–water partition coefficient (Wildman–Crippen LogP) is 0.799. The molecule has 3 rings (SSSR count). The van der Waals surface area contributed by atoms with Crippen LogP contribution in [-0.2, 0) is 16.1 Å². The number of tetrazole rings is 1. The maximum absolute atomic E-state index is 13.0. The van der Waals surface area contributed by atoms with Crippen LogP contribution in [0.2, 0.25) is 0 Å². The Hall–Kier alpha value is -3.56. The first-order chi connectivity index (χ1) is 12.5. The van der Waals surface area contributed by atoms with Crippen molar-refractivity contribution in [3.63, 3.8) is 0 Å². The molecule has 2 N–H and O–H groups in total. The molecular formula is C16H17N7O3. The summed E-state index contributed by atoms with van der Waals surface area (Å²) in [7, 11) is 0. The minimum absolute atomic E-state index is 0.280. The molecule has 1 aromatic carbocycles. The number of carbonyl (C=O) groups is 2. The topological polar surface area (TPSA) is 128 Å². The van der Waals surface area contributed by atoms with Gasteiger partial charge in [-0.05, 0) is 29.8 Å². The minimum Gasteiger partial charge on any atom is -0.480 e. The first-order valence-corrected chi connectivity index (χ1v) is 7.81. The lowest BCUT2D eigenvalue weighted by Crippen LogP contribution is -2.28. The summed E-state index contributed by atoms with van der Waals surface area (Å²) >= 11 is 0. The summed E-state index contributed by atoms with van der Waals surface area (Å²) in [6.07, 6.45) is 1.37. The van der Waals surface area contributed by atoms with Gasteiger partial charge in [-0.1, -0.05) is 30.3 Å². The third kappa shape index (κ3) is 3.43. The van der Waals surface area contributed by atoms with Gasteiger partial charge in [-0.2, -0.15) is 5.10 Å². The molecule has 26 heavy (non-hydrogen) atoms. The van der Waals surface area contributed by atoms with E-state index in [0.29, 0.717) is 22.6 Å². The third-order valence-electron chi connectivity index (χ3n) is 3.91.